The van der Waals surface area contributed by atoms with Gasteiger partial charge in [0.1, 0.15) is 0 Å². The second-order valence-corrected chi connectivity index (χ2v) is 6.99. The predicted octanol–water partition coefficient (Wildman–Crippen LogP) is 2.95. The van der Waals surface area contributed by atoms with Crippen LogP contribution in [-0.2, 0) is 0 Å². The molecule has 0 aromatic carbocycles. The van der Waals surface area contributed by atoms with Gasteiger partial charge in [-0.3, -0.25) is 0 Å². The van der Waals surface area contributed by atoms with E-state index >= 15 is 0 Å². The van der Waals surface area contributed by atoms with Gasteiger partial charge in [-0.25, -0.2) is 0 Å². The lowest BCUT2D eigenvalue weighted by Crippen LogP contribution is -2.04. The van der Waals surface area contributed by atoms with Crippen LogP contribution in [0.4, 0.5) is 0 Å². The van der Waals surface area contributed by atoms with Gasteiger partial charge < -0.3 is 0 Å². The van der Waals surface area contributed by atoms with Gasteiger partial charge in [-0.05, 0) is 42.8 Å². The molecular weight excluding hydrogens is 267 g/mol. The summed E-state index contributed by atoms with van der Waals surface area (Å²) in [7, 11) is 0. The second kappa shape index (κ2) is 2.11. The molecule has 0 N–H and O–H groups in total. The van der Waals surface area contributed by atoms with Crippen molar-refractivity contribution in [3.05, 3.63) is 0 Å². The maximum absolute atomic E-state index is 2.65. The third kappa shape index (κ3) is 0.888. The summed E-state index contributed by atoms with van der Waals surface area (Å²) in [4.78, 5) is 0. The molecule has 62 valence electrons. The van der Waals surface area contributed by atoms with Crippen molar-refractivity contribution >= 4 is 34.4 Å². The molecule has 3 unspecified atom stereocenters. The molecule has 1 spiro atoms. The van der Waals surface area contributed by atoms with Crippen molar-refractivity contribution in [2.45, 2.75) is 28.4 Å². The molecule has 0 aliphatic heterocycles. The SMILES string of the molecule is CSC1C2CC3(CC21)CC3I. The highest BCUT2D eigenvalue weighted by atomic mass is 127. The van der Waals surface area contributed by atoms with Gasteiger partial charge in [0.2, 0.25) is 0 Å². The standard InChI is InChI=1S/C9H13IS/c1-11-8-5-2-9(3-6(5)8)4-7(9)10/h5-8H,2-4H2,1H3. The zero-order valence-corrected chi connectivity index (χ0v) is 9.69. The maximum atomic E-state index is 2.65. The van der Waals surface area contributed by atoms with E-state index < -0.39 is 0 Å². The molecule has 11 heavy (non-hydrogen) atoms. The lowest BCUT2D eigenvalue weighted by molar-refractivity contribution is 0.479. The zero-order valence-electron chi connectivity index (χ0n) is 6.72. The lowest BCUT2D eigenvalue weighted by Gasteiger charge is -2.10. The number of hydrogen-bond acceptors (Lipinski definition) is 1. The summed E-state index contributed by atoms with van der Waals surface area (Å²) in [6, 6.07) is 0. The van der Waals surface area contributed by atoms with Crippen molar-refractivity contribution < 1.29 is 0 Å². The van der Waals surface area contributed by atoms with Gasteiger partial charge in [-0.2, -0.15) is 11.8 Å². The van der Waals surface area contributed by atoms with Crippen molar-refractivity contribution in [3.8, 4) is 0 Å². The quantitative estimate of drug-likeness (QED) is 0.525. The van der Waals surface area contributed by atoms with E-state index in [0.717, 1.165) is 26.4 Å². The van der Waals surface area contributed by atoms with Crippen LogP contribution in [0.2, 0.25) is 0 Å². The highest BCUT2D eigenvalue weighted by Crippen LogP contribution is 2.73. The summed E-state index contributed by atoms with van der Waals surface area (Å²) in [6.07, 6.45) is 6.99. The minimum Gasteiger partial charge on any atom is -0.161 e. The van der Waals surface area contributed by atoms with E-state index in [1.165, 1.54) is 0 Å². The Balaban J connectivity index is 1.70. The van der Waals surface area contributed by atoms with E-state index in [1.54, 1.807) is 19.3 Å². The van der Waals surface area contributed by atoms with Gasteiger partial charge in [0, 0.05) is 9.17 Å². The fraction of sp³-hybridized carbons (Fsp3) is 1.00. The molecule has 3 atom stereocenters. The zero-order chi connectivity index (χ0) is 7.64. The molecule has 3 fully saturated rings. The summed E-state index contributed by atoms with van der Waals surface area (Å²) in [5.41, 5.74) is 0.877. The lowest BCUT2D eigenvalue weighted by atomic mass is 10.0. The number of halogens is 1. The number of thioether (sulfide) groups is 1. The molecular formula is C9H13IS. The van der Waals surface area contributed by atoms with Crippen molar-refractivity contribution in [2.75, 3.05) is 6.26 Å². The highest BCUT2D eigenvalue weighted by molar-refractivity contribution is 14.1. The predicted molar refractivity (Wildman–Crippen MR) is 58.4 cm³/mol. The first-order valence-corrected chi connectivity index (χ1v) is 6.97. The molecule has 0 radical (unpaired) electrons. The summed E-state index contributed by atoms with van der Waals surface area (Å²) in [5.74, 6) is 2.29. The van der Waals surface area contributed by atoms with Crippen LogP contribution >= 0.6 is 34.4 Å². The summed E-state index contributed by atoms with van der Waals surface area (Å²) in [5, 5.41) is 1.07. The van der Waals surface area contributed by atoms with Crippen LogP contribution in [0.15, 0.2) is 0 Å². The molecule has 0 aromatic heterocycles. The third-order valence-electron chi connectivity index (χ3n) is 3.90. The summed E-state index contributed by atoms with van der Waals surface area (Å²) in [6.45, 7) is 0. The molecule has 0 aromatic rings. The Kier molecular flexibility index (Phi) is 1.44. The van der Waals surface area contributed by atoms with Gasteiger partial charge in [0.05, 0.1) is 0 Å². The topological polar surface area (TPSA) is 0 Å². The van der Waals surface area contributed by atoms with Gasteiger partial charge in [-0.1, -0.05) is 22.6 Å². The van der Waals surface area contributed by atoms with Gasteiger partial charge in [0.25, 0.3) is 0 Å². The Labute approximate surface area is 86.0 Å². The fourth-order valence-electron chi connectivity index (χ4n) is 3.04. The van der Waals surface area contributed by atoms with Gasteiger partial charge >= 0.3 is 0 Å². The monoisotopic (exact) mass is 280 g/mol. The number of fused-ring (bicyclic) bond motifs is 1. The van der Waals surface area contributed by atoms with Gasteiger partial charge in [-0.15, -0.1) is 0 Å². The molecule has 3 rings (SSSR count). The Morgan fingerprint density at radius 3 is 2.18 bits per heavy atom. The molecule has 3 aliphatic carbocycles. The Morgan fingerprint density at radius 1 is 1.27 bits per heavy atom. The van der Waals surface area contributed by atoms with Crippen molar-refractivity contribution in [1.29, 1.82) is 0 Å². The van der Waals surface area contributed by atoms with Crippen LogP contribution < -0.4 is 0 Å². The molecule has 2 heteroatoms. The van der Waals surface area contributed by atoms with E-state index in [-0.39, 0.29) is 0 Å². The van der Waals surface area contributed by atoms with Gasteiger partial charge in [0.15, 0.2) is 0 Å². The smallest absolute Gasteiger partial charge is 0.0172 e. The number of hydrogen-bond donors (Lipinski definition) is 0. The minimum atomic E-state index is 0.877. The third-order valence-corrected chi connectivity index (χ3v) is 6.90. The van der Waals surface area contributed by atoms with Crippen LogP contribution in [0, 0.1) is 17.3 Å². The summed E-state index contributed by atoms with van der Waals surface area (Å²) < 4.78 is 1.05. The van der Waals surface area contributed by atoms with E-state index in [4.69, 9.17) is 0 Å². The van der Waals surface area contributed by atoms with Crippen molar-refractivity contribution in [1.82, 2.24) is 0 Å². The molecule has 0 bridgehead atoms. The maximum Gasteiger partial charge on any atom is 0.0172 e. The Morgan fingerprint density at radius 2 is 1.82 bits per heavy atom. The molecule has 0 saturated heterocycles. The summed E-state index contributed by atoms with van der Waals surface area (Å²) >= 11 is 4.76. The van der Waals surface area contributed by atoms with Crippen molar-refractivity contribution in [3.63, 3.8) is 0 Å². The Hall–Kier alpha value is 1.08. The average Bonchev–Trinajstić information content (AvgIpc) is 2.73. The van der Waals surface area contributed by atoms with Crippen molar-refractivity contribution in [2.24, 2.45) is 17.3 Å². The normalized spacial score (nSPS) is 64.9. The molecule has 3 saturated carbocycles. The van der Waals surface area contributed by atoms with E-state index in [1.807, 2.05) is 0 Å². The van der Waals surface area contributed by atoms with Crippen LogP contribution in [0.3, 0.4) is 0 Å². The minimum absolute atomic E-state index is 0.877. The van der Waals surface area contributed by atoms with Crippen LogP contribution in [0.1, 0.15) is 19.3 Å². The first-order chi connectivity index (χ1) is 5.27. The highest BCUT2D eigenvalue weighted by Gasteiger charge is 2.68. The molecule has 0 amide bonds. The number of alkyl halides is 1. The van der Waals surface area contributed by atoms with E-state index in [9.17, 15) is 0 Å². The average molecular weight is 280 g/mol. The molecule has 3 aliphatic rings. The number of rotatable bonds is 1. The largest absolute Gasteiger partial charge is 0.161 e. The molecule has 0 heterocycles. The van der Waals surface area contributed by atoms with Crippen LogP contribution in [0.25, 0.3) is 0 Å². The van der Waals surface area contributed by atoms with E-state index in [2.05, 4.69) is 40.6 Å². The van der Waals surface area contributed by atoms with Crippen LogP contribution in [-0.4, -0.2) is 15.4 Å². The first-order valence-electron chi connectivity index (χ1n) is 4.44. The second-order valence-electron chi connectivity index (χ2n) is 4.47. The van der Waals surface area contributed by atoms with Crippen LogP contribution in [0.5, 0.6) is 0 Å². The fourth-order valence-corrected chi connectivity index (χ4v) is 5.63. The molecule has 0 nitrogen and oxygen atoms in total. The van der Waals surface area contributed by atoms with E-state index in [0.29, 0.717) is 0 Å². The first kappa shape index (κ1) is 7.48. The Bertz CT molecular complexity index is 192.